The van der Waals surface area contributed by atoms with Crippen LogP contribution in [0, 0.1) is 11.3 Å². The average Bonchev–Trinajstić information content (AvgIpc) is 2.00. The Labute approximate surface area is 71.7 Å². The van der Waals surface area contributed by atoms with Crippen molar-refractivity contribution >= 4 is 0 Å². The van der Waals surface area contributed by atoms with Gasteiger partial charge in [-0.3, -0.25) is 0 Å². The summed E-state index contributed by atoms with van der Waals surface area (Å²) in [6.07, 6.45) is 7.07. The van der Waals surface area contributed by atoms with Crippen molar-refractivity contribution in [1.29, 1.82) is 0 Å². The van der Waals surface area contributed by atoms with Crippen molar-refractivity contribution in [2.75, 3.05) is 0 Å². The molecular formula is C11H22. The fourth-order valence-corrected chi connectivity index (χ4v) is 1.83. The summed E-state index contributed by atoms with van der Waals surface area (Å²) >= 11 is 0. The zero-order valence-corrected chi connectivity index (χ0v) is 8.65. The topological polar surface area (TPSA) is 0 Å². The van der Waals surface area contributed by atoms with Gasteiger partial charge in [0, 0.05) is 0 Å². The summed E-state index contributed by atoms with van der Waals surface area (Å²) in [7, 11) is 0. The first-order valence-corrected chi connectivity index (χ1v) is 4.76. The molecule has 0 radical (unpaired) electrons. The first kappa shape index (κ1) is 10.7. The molecule has 0 aromatic rings. The van der Waals surface area contributed by atoms with Crippen LogP contribution in [0.4, 0.5) is 0 Å². The van der Waals surface area contributed by atoms with E-state index in [9.17, 15) is 0 Å². The lowest BCUT2D eigenvalue weighted by molar-refractivity contribution is 0.244. The molecule has 66 valence electrons. The first-order valence-electron chi connectivity index (χ1n) is 4.76. The molecule has 0 aliphatic carbocycles. The zero-order valence-electron chi connectivity index (χ0n) is 8.65. The highest BCUT2D eigenvalue weighted by Gasteiger charge is 2.25. The molecular weight excluding hydrogens is 132 g/mol. The van der Waals surface area contributed by atoms with Crippen molar-refractivity contribution in [2.45, 2.75) is 47.5 Å². The second-order valence-electron chi connectivity index (χ2n) is 3.59. The van der Waals surface area contributed by atoms with Gasteiger partial charge in [0.05, 0.1) is 0 Å². The van der Waals surface area contributed by atoms with Crippen LogP contribution in [-0.2, 0) is 0 Å². The molecule has 0 saturated carbocycles. The molecule has 11 heavy (non-hydrogen) atoms. The minimum atomic E-state index is 0.453. The molecule has 0 bridgehead atoms. The van der Waals surface area contributed by atoms with Gasteiger partial charge in [0.25, 0.3) is 0 Å². The van der Waals surface area contributed by atoms with Gasteiger partial charge < -0.3 is 0 Å². The Morgan fingerprint density at radius 2 is 1.64 bits per heavy atom. The molecule has 0 heteroatoms. The molecule has 0 aliphatic heterocycles. The van der Waals surface area contributed by atoms with Gasteiger partial charge in [-0.15, -0.1) is 0 Å². The lowest BCUT2D eigenvalue weighted by Crippen LogP contribution is -2.22. The first-order chi connectivity index (χ1) is 5.13. The second kappa shape index (κ2) is 4.58. The maximum atomic E-state index is 2.37. The zero-order chi connectivity index (χ0) is 8.91. The lowest BCUT2D eigenvalue weighted by atomic mass is 9.73. The summed E-state index contributed by atoms with van der Waals surface area (Å²) in [5.74, 6) is 0.758. The van der Waals surface area contributed by atoms with Gasteiger partial charge >= 0.3 is 0 Å². The monoisotopic (exact) mass is 154 g/mol. The Bertz CT molecular complexity index is 116. The Kier molecular flexibility index (Phi) is 4.48. The molecule has 0 atom stereocenters. The van der Waals surface area contributed by atoms with Crippen LogP contribution >= 0.6 is 0 Å². The normalized spacial score (nSPS) is 13.3. The van der Waals surface area contributed by atoms with Crippen molar-refractivity contribution in [3.05, 3.63) is 12.2 Å². The van der Waals surface area contributed by atoms with Gasteiger partial charge in [0.2, 0.25) is 0 Å². The van der Waals surface area contributed by atoms with Crippen molar-refractivity contribution in [3.8, 4) is 0 Å². The second-order valence-corrected chi connectivity index (χ2v) is 3.59. The number of hydrogen-bond acceptors (Lipinski definition) is 0. The fourth-order valence-electron chi connectivity index (χ4n) is 1.83. The van der Waals surface area contributed by atoms with Crippen LogP contribution in [0.15, 0.2) is 12.2 Å². The van der Waals surface area contributed by atoms with Gasteiger partial charge in [0.15, 0.2) is 0 Å². The smallest absolute Gasteiger partial charge is 0.0101 e. The van der Waals surface area contributed by atoms with Crippen LogP contribution in [0.3, 0.4) is 0 Å². The van der Waals surface area contributed by atoms with Gasteiger partial charge in [-0.25, -0.2) is 0 Å². The molecule has 0 fully saturated rings. The predicted molar refractivity (Wildman–Crippen MR) is 52.7 cm³/mol. The molecule has 0 rings (SSSR count). The highest BCUT2D eigenvalue weighted by molar-refractivity contribution is 4.98. The van der Waals surface area contributed by atoms with E-state index in [1.54, 1.807) is 0 Å². The minimum absolute atomic E-state index is 0.453. The summed E-state index contributed by atoms with van der Waals surface area (Å²) in [4.78, 5) is 0. The Balaban J connectivity index is 4.46. The van der Waals surface area contributed by atoms with Crippen molar-refractivity contribution in [2.24, 2.45) is 11.3 Å². The SMILES string of the molecule is C/C=C/C(CC)(CC)C(C)C. The molecule has 0 nitrogen and oxygen atoms in total. The summed E-state index contributed by atoms with van der Waals surface area (Å²) in [5.41, 5.74) is 0.453. The number of allylic oxidation sites excluding steroid dienone is 2. The predicted octanol–water partition coefficient (Wildman–Crippen LogP) is 4.02. The maximum absolute atomic E-state index is 2.37. The van der Waals surface area contributed by atoms with E-state index < -0.39 is 0 Å². The van der Waals surface area contributed by atoms with E-state index >= 15 is 0 Å². The minimum Gasteiger partial charge on any atom is -0.0911 e. The highest BCUT2D eigenvalue weighted by Crippen LogP contribution is 2.36. The van der Waals surface area contributed by atoms with E-state index in [0.717, 1.165) is 5.92 Å². The summed E-state index contributed by atoms with van der Waals surface area (Å²) < 4.78 is 0. The Hall–Kier alpha value is -0.260. The molecule has 0 aromatic heterocycles. The van der Waals surface area contributed by atoms with Crippen molar-refractivity contribution in [1.82, 2.24) is 0 Å². The van der Waals surface area contributed by atoms with Crippen molar-refractivity contribution in [3.63, 3.8) is 0 Å². The number of hydrogen-bond donors (Lipinski definition) is 0. The van der Waals surface area contributed by atoms with Crippen LogP contribution in [0.1, 0.15) is 47.5 Å². The van der Waals surface area contributed by atoms with E-state index in [4.69, 9.17) is 0 Å². The highest BCUT2D eigenvalue weighted by atomic mass is 14.3. The average molecular weight is 154 g/mol. The lowest BCUT2D eigenvalue weighted by Gasteiger charge is -2.32. The van der Waals surface area contributed by atoms with Crippen molar-refractivity contribution < 1.29 is 0 Å². The largest absolute Gasteiger partial charge is 0.0911 e. The fraction of sp³-hybridized carbons (Fsp3) is 0.818. The molecule has 0 heterocycles. The third kappa shape index (κ3) is 2.36. The molecule has 0 unspecified atom stereocenters. The van der Waals surface area contributed by atoms with Crippen LogP contribution in [-0.4, -0.2) is 0 Å². The third-order valence-corrected chi connectivity index (χ3v) is 2.96. The molecule has 0 amide bonds. The van der Waals surface area contributed by atoms with E-state index in [1.807, 2.05) is 0 Å². The molecule has 0 aromatic carbocycles. The van der Waals surface area contributed by atoms with Crippen LogP contribution in [0.5, 0.6) is 0 Å². The quantitative estimate of drug-likeness (QED) is 0.536. The van der Waals surface area contributed by atoms with Gasteiger partial charge in [0.1, 0.15) is 0 Å². The maximum Gasteiger partial charge on any atom is -0.0101 e. The summed E-state index contributed by atoms with van der Waals surface area (Å²) in [6.45, 7) is 11.3. The Morgan fingerprint density at radius 3 is 1.73 bits per heavy atom. The van der Waals surface area contributed by atoms with Crippen LogP contribution in [0.2, 0.25) is 0 Å². The third-order valence-electron chi connectivity index (χ3n) is 2.96. The van der Waals surface area contributed by atoms with E-state index in [1.165, 1.54) is 12.8 Å². The van der Waals surface area contributed by atoms with Gasteiger partial charge in [-0.05, 0) is 31.1 Å². The Morgan fingerprint density at radius 1 is 1.18 bits per heavy atom. The molecule has 0 aliphatic rings. The van der Waals surface area contributed by atoms with Crippen LogP contribution in [0.25, 0.3) is 0 Å². The molecule has 0 saturated heterocycles. The van der Waals surface area contributed by atoms with E-state index in [2.05, 4.69) is 46.8 Å². The molecule has 0 spiro atoms. The van der Waals surface area contributed by atoms with Gasteiger partial charge in [-0.2, -0.15) is 0 Å². The number of rotatable bonds is 4. The molecule has 0 N–H and O–H groups in total. The van der Waals surface area contributed by atoms with Crippen LogP contribution < -0.4 is 0 Å². The summed E-state index contributed by atoms with van der Waals surface area (Å²) in [5, 5.41) is 0. The van der Waals surface area contributed by atoms with E-state index in [-0.39, 0.29) is 0 Å². The van der Waals surface area contributed by atoms with E-state index in [0.29, 0.717) is 5.41 Å². The van der Waals surface area contributed by atoms with Gasteiger partial charge in [-0.1, -0.05) is 39.8 Å². The summed E-state index contributed by atoms with van der Waals surface area (Å²) in [6, 6.07) is 0. The standard InChI is InChI=1S/C11H22/c1-6-9-11(7-2,8-3)10(4)5/h6,9-10H,7-8H2,1-5H3/b9-6+.